The normalized spacial score (nSPS) is 24.2. The number of ether oxygens (including phenoxy) is 2. The summed E-state index contributed by atoms with van der Waals surface area (Å²) >= 11 is 0. The van der Waals surface area contributed by atoms with Gasteiger partial charge in [0.2, 0.25) is 0 Å². The molecular weight excluding hydrogens is 573 g/mol. The van der Waals surface area contributed by atoms with Crippen molar-refractivity contribution < 1.29 is 58.1 Å². The van der Waals surface area contributed by atoms with Gasteiger partial charge in [-0.1, -0.05) is 25.0 Å². The number of hydrogen-bond acceptors (Lipinski definition) is 10. The van der Waals surface area contributed by atoms with Crippen molar-refractivity contribution in [3.05, 3.63) is 39.5 Å². The first kappa shape index (κ1) is 33.7. The van der Waals surface area contributed by atoms with Crippen LogP contribution in [0.25, 0.3) is 0 Å². The first-order valence-electron chi connectivity index (χ1n) is 13.9. The monoisotopic (exact) mass is 613 g/mol. The van der Waals surface area contributed by atoms with Gasteiger partial charge in [-0.3, -0.25) is 19.4 Å². The molecule has 1 aliphatic carbocycles. The third kappa shape index (κ3) is 7.97. The molecule has 1 fully saturated rings. The Balaban J connectivity index is 1.68. The number of aliphatic hydroxyl groups is 3. The molecule has 13 nitrogen and oxygen atoms in total. The maximum atomic E-state index is 12.6. The van der Waals surface area contributed by atoms with E-state index in [1.807, 2.05) is 6.92 Å². The van der Waals surface area contributed by atoms with Gasteiger partial charge in [-0.2, -0.15) is 0 Å². The standard InChI is InChI=1S/C28H40NO12P/c1-5-6-11-29-27(34)28(35)12-20(30)24(32)21(13-28)40-22(31)10-8-15(2)7-9-18-16(3)17(4)19-14-39-26(33)23(19)25(18)41-42(36,37)38/h7,20-21,24,30,32,35H,5-6,8-14H2,1-4H3,(H,29,34)(H2,36,37,38)/b15-7+/t20-,21-,24-,28+/m1/s1. The summed E-state index contributed by atoms with van der Waals surface area (Å²) in [6, 6.07) is 0. The Morgan fingerprint density at radius 2 is 1.86 bits per heavy atom. The zero-order valence-electron chi connectivity index (χ0n) is 24.2. The number of carbonyl (C=O) groups is 3. The van der Waals surface area contributed by atoms with Gasteiger partial charge < -0.3 is 34.6 Å². The van der Waals surface area contributed by atoms with Gasteiger partial charge in [0.1, 0.15) is 35.7 Å². The number of benzene rings is 1. The van der Waals surface area contributed by atoms with Crippen LogP contribution < -0.4 is 9.84 Å². The first-order chi connectivity index (χ1) is 19.6. The quantitative estimate of drug-likeness (QED) is 0.0863. The molecule has 42 heavy (non-hydrogen) atoms. The Bertz CT molecular complexity index is 1290. The summed E-state index contributed by atoms with van der Waals surface area (Å²) in [5, 5.41) is 34.1. The fraction of sp³-hybridized carbons (Fsp3) is 0.607. The highest BCUT2D eigenvalue weighted by Crippen LogP contribution is 2.46. The molecular formula is C28H40NO12P. The lowest BCUT2D eigenvalue weighted by atomic mass is 9.79. The van der Waals surface area contributed by atoms with Crippen LogP contribution in [0.15, 0.2) is 11.6 Å². The summed E-state index contributed by atoms with van der Waals surface area (Å²) in [6.45, 7) is 7.52. The van der Waals surface area contributed by atoms with Crippen molar-refractivity contribution in [2.75, 3.05) is 6.54 Å². The number of aliphatic hydroxyl groups excluding tert-OH is 2. The second-order valence-corrected chi connectivity index (χ2v) is 12.1. The number of amides is 1. The number of nitrogens with one attached hydrogen (secondary N) is 1. The number of rotatable bonds is 12. The van der Waals surface area contributed by atoms with E-state index in [4.69, 9.17) is 14.0 Å². The molecule has 3 rings (SSSR count). The topological polar surface area (TPSA) is 209 Å². The molecule has 0 unspecified atom stereocenters. The van der Waals surface area contributed by atoms with Gasteiger partial charge in [0.25, 0.3) is 5.91 Å². The third-order valence-electron chi connectivity index (χ3n) is 7.79. The molecule has 4 atom stereocenters. The average molecular weight is 614 g/mol. The molecule has 1 aliphatic heterocycles. The van der Waals surface area contributed by atoms with Gasteiger partial charge in [0.05, 0.1) is 6.10 Å². The van der Waals surface area contributed by atoms with E-state index in [1.54, 1.807) is 26.8 Å². The zero-order valence-corrected chi connectivity index (χ0v) is 25.1. The number of carbonyl (C=O) groups excluding carboxylic acids is 3. The number of fused-ring (bicyclic) bond motifs is 1. The van der Waals surface area contributed by atoms with Crippen molar-refractivity contribution in [2.24, 2.45) is 0 Å². The number of phosphoric ester groups is 1. The highest BCUT2D eigenvalue weighted by molar-refractivity contribution is 7.46. The fourth-order valence-electron chi connectivity index (χ4n) is 5.17. The molecule has 6 N–H and O–H groups in total. The Morgan fingerprint density at radius 3 is 2.50 bits per heavy atom. The van der Waals surface area contributed by atoms with Gasteiger partial charge in [0.15, 0.2) is 0 Å². The number of phosphoric acid groups is 1. The molecule has 1 aromatic rings. The number of allylic oxidation sites excluding steroid dienone is 2. The maximum absolute atomic E-state index is 12.6. The first-order valence-corrected chi connectivity index (χ1v) is 15.4. The number of cyclic esters (lactones) is 1. The summed E-state index contributed by atoms with van der Waals surface area (Å²) in [7, 11) is -5.00. The van der Waals surface area contributed by atoms with E-state index in [9.17, 15) is 44.1 Å². The van der Waals surface area contributed by atoms with E-state index in [0.717, 1.165) is 12.0 Å². The van der Waals surface area contributed by atoms with E-state index in [2.05, 4.69) is 5.32 Å². The van der Waals surface area contributed by atoms with Crippen molar-refractivity contribution in [1.82, 2.24) is 5.32 Å². The predicted molar refractivity (Wildman–Crippen MR) is 148 cm³/mol. The van der Waals surface area contributed by atoms with Crippen molar-refractivity contribution in [2.45, 2.75) is 103 Å². The Labute approximate surface area is 244 Å². The van der Waals surface area contributed by atoms with E-state index in [1.165, 1.54) is 0 Å². The molecule has 0 radical (unpaired) electrons. The van der Waals surface area contributed by atoms with Crippen LogP contribution in [0.2, 0.25) is 0 Å². The highest BCUT2D eigenvalue weighted by atomic mass is 31.2. The molecule has 0 bridgehead atoms. The molecule has 2 aliphatic rings. The van der Waals surface area contributed by atoms with Crippen LogP contribution in [-0.2, 0) is 36.7 Å². The minimum absolute atomic E-state index is 0.0155. The summed E-state index contributed by atoms with van der Waals surface area (Å²) in [6.07, 6.45) is -1.51. The van der Waals surface area contributed by atoms with Gasteiger partial charge in [0, 0.05) is 36.9 Å². The molecule has 14 heteroatoms. The van der Waals surface area contributed by atoms with Crippen LogP contribution in [0, 0.1) is 13.8 Å². The zero-order chi connectivity index (χ0) is 31.4. The summed E-state index contributed by atoms with van der Waals surface area (Å²) in [5.74, 6) is -2.38. The predicted octanol–water partition coefficient (Wildman–Crippen LogP) is 1.79. The molecule has 0 spiro atoms. The van der Waals surface area contributed by atoms with Gasteiger partial charge >= 0.3 is 19.8 Å². The van der Waals surface area contributed by atoms with Crippen molar-refractivity contribution in [3.8, 4) is 5.75 Å². The molecule has 1 aromatic carbocycles. The number of unbranched alkanes of at least 4 members (excludes halogenated alkanes) is 1. The number of hydrogen-bond donors (Lipinski definition) is 6. The van der Waals surface area contributed by atoms with Crippen LogP contribution in [0.1, 0.15) is 85.0 Å². The molecule has 1 amide bonds. The van der Waals surface area contributed by atoms with E-state index in [0.29, 0.717) is 35.2 Å². The minimum atomic E-state index is -5.00. The van der Waals surface area contributed by atoms with Crippen molar-refractivity contribution >= 4 is 25.7 Å². The average Bonchev–Trinajstić information content (AvgIpc) is 3.29. The van der Waals surface area contributed by atoms with Crippen LogP contribution in [0.4, 0.5) is 0 Å². The van der Waals surface area contributed by atoms with E-state index in [-0.39, 0.29) is 43.6 Å². The van der Waals surface area contributed by atoms with Gasteiger partial charge in [-0.25, -0.2) is 9.36 Å². The summed E-state index contributed by atoms with van der Waals surface area (Å²) in [4.78, 5) is 56.5. The van der Waals surface area contributed by atoms with E-state index < -0.39 is 56.0 Å². The largest absolute Gasteiger partial charge is 0.524 e. The fourth-order valence-corrected chi connectivity index (χ4v) is 5.61. The lowest BCUT2D eigenvalue weighted by Gasteiger charge is -2.40. The molecule has 234 valence electrons. The molecule has 0 saturated heterocycles. The summed E-state index contributed by atoms with van der Waals surface area (Å²) in [5.41, 5.74) is 1.02. The van der Waals surface area contributed by atoms with E-state index >= 15 is 0 Å². The third-order valence-corrected chi connectivity index (χ3v) is 8.21. The Morgan fingerprint density at radius 1 is 1.17 bits per heavy atom. The SMILES string of the molecule is CCCCNC(=O)[C@]1(O)C[C@@H](O)[C@@H](O)[C@H](OC(=O)CC/C(C)=C/Cc2c(C)c(C)c3c(c2OP(=O)(O)O)C(=O)OC3)C1. The molecule has 0 aromatic heterocycles. The maximum Gasteiger partial charge on any atom is 0.524 e. The lowest BCUT2D eigenvalue weighted by molar-refractivity contribution is -0.190. The minimum Gasteiger partial charge on any atom is -0.459 e. The Kier molecular flexibility index (Phi) is 11.0. The number of esters is 2. The molecule has 1 heterocycles. The highest BCUT2D eigenvalue weighted by Gasteiger charge is 2.50. The van der Waals surface area contributed by atoms with Crippen molar-refractivity contribution in [1.29, 1.82) is 0 Å². The van der Waals surface area contributed by atoms with Crippen LogP contribution in [0.5, 0.6) is 5.75 Å². The second-order valence-electron chi connectivity index (χ2n) is 11.0. The molecule has 1 saturated carbocycles. The van der Waals surface area contributed by atoms with Crippen molar-refractivity contribution in [3.63, 3.8) is 0 Å². The van der Waals surface area contributed by atoms with Crippen LogP contribution >= 0.6 is 7.82 Å². The Hall–Kier alpha value is -2.80. The van der Waals surface area contributed by atoms with Crippen LogP contribution in [-0.4, -0.2) is 73.4 Å². The smallest absolute Gasteiger partial charge is 0.459 e. The van der Waals surface area contributed by atoms with Gasteiger partial charge in [-0.05, 0) is 51.2 Å². The van der Waals surface area contributed by atoms with Gasteiger partial charge in [-0.15, -0.1) is 0 Å². The summed E-state index contributed by atoms with van der Waals surface area (Å²) < 4.78 is 27.1. The lowest BCUT2D eigenvalue weighted by Crippen LogP contribution is -2.59. The van der Waals surface area contributed by atoms with Crippen LogP contribution in [0.3, 0.4) is 0 Å². The second kappa shape index (κ2) is 13.7.